The Morgan fingerprint density at radius 2 is 2.11 bits per heavy atom. The van der Waals surface area contributed by atoms with E-state index in [1.807, 2.05) is 12.1 Å². The molecule has 1 aliphatic heterocycles. The highest BCUT2D eigenvalue weighted by molar-refractivity contribution is 9.10. The van der Waals surface area contributed by atoms with Gasteiger partial charge >= 0.3 is 0 Å². The number of amides is 2. The van der Waals surface area contributed by atoms with Crippen LogP contribution >= 0.6 is 27.7 Å². The highest BCUT2D eigenvalue weighted by atomic mass is 79.9. The number of amidine groups is 1. The summed E-state index contributed by atoms with van der Waals surface area (Å²) in [4.78, 5) is 26.6. The molecule has 0 aromatic heterocycles. The maximum absolute atomic E-state index is 11.7. The summed E-state index contributed by atoms with van der Waals surface area (Å²) < 4.78 is 0.934. The number of thioether (sulfide) groups is 1. The molecule has 1 aromatic carbocycles. The van der Waals surface area contributed by atoms with Gasteiger partial charge in [0.2, 0.25) is 5.91 Å². The zero-order valence-corrected chi connectivity index (χ0v) is 11.6. The van der Waals surface area contributed by atoms with E-state index in [0.717, 1.165) is 16.2 Å². The Morgan fingerprint density at radius 3 is 2.67 bits per heavy atom. The average Bonchev–Trinajstić information content (AvgIpc) is 2.61. The molecular weight excluding hydrogens is 318 g/mol. The molecule has 0 saturated carbocycles. The van der Waals surface area contributed by atoms with Crippen LogP contribution in [0.4, 0.5) is 5.69 Å². The van der Waals surface area contributed by atoms with Gasteiger partial charge in [-0.05, 0) is 24.3 Å². The number of nitrogens with two attached hydrogens (primary N) is 1. The third kappa shape index (κ3) is 3.33. The Hall–Kier alpha value is -1.34. The van der Waals surface area contributed by atoms with E-state index in [0.29, 0.717) is 5.69 Å². The lowest BCUT2D eigenvalue weighted by molar-refractivity contribution is -0.121. The van der Waals surface area contributed by atoms with Crippen LogP contribution in [-0.2, 0) is 9.59 Å². The van der Waals surface area contributed by atoms with Gasteiger partial charge in [0.15, 0.2) is 5.17 Å². The number of aliphatic imine (C=N–C) groups is 1. The summed E-state index contributed by atoms with van der Waals surface area (Å²) in [6.07, 6.45) is 0.0732. The minimum atomic E-state index is -0.500. The molecule has 0 radical (unpaired) electrons. The zero-order valence-electron chi connectivity index (χ0n) is 9.22. The maximum Gasteiger partial charge on any atom is 0.262 e. The van der Waals surface area contributed by atoms with Crippen molar-refractivity contribution in [3.63, 3.8) is 0 Å². The van der Waals surface area contributed by atoms with Gasteiger partial charge in [0, 0.05) is 16.6 Å². The van der Waals surface area contributed by atoms with Gasteiger partial charge < -0.3 is 11.1 Å². The standard InChI is InChI=1S/C11H10BrN3O2S/c12-6-1-3-7(4-2-6)14-9(16)5-8-10(17)15-11(13)18-8/h1-4,8H,5H2,(H,14,16)(H2,13,15,17)/t8-/m1/s1. The van der Waals surface area contributed by atoms with Gasteiger partial charge in [-0.1, -0.05) is 27.7 Å². The third-order valence-electron chi connectivity index (χ3n) is 2.26. The maximum atomic E-state index is 11.7. The molecule has 7 heteroatoms. The average molecular weight is 328 g/mol. The SMILES string of the molecule is NC1=NC(=O)[C@@H](CC(=O)Nc2ccc(Br)cc2)S1. The minimum absolute atomic E-state index is 0.0732. The first-order valence-electron chi connectivity index (χ1n) is 5.14. The van der Waals surface area contributed by atoms with E-state index in [1.165, 1.54) is 0 Å². The molecule has 1 aliphatic rings. The van der Waals surface area contributed by atoms with Gasteiger partial charge in [0.25, 0.3) is 5.91 Å². The molecule has 0 saturated heterocycles. The monoisotopic (exact) mass is 327 g/mol. The molecule has 18 heavy (non-hydrogen) atoms. The fourth-order valence-electron chi connectivity index (χ4n) is 1.45. The van der Waals surface area contributed by atoms with E-state index >= 15 is 0 Å². The number of benzene rings is 1. The Bertz CT molecular complexity index is 516. The number of anilines is 1. The van der Waals surface area contributed by atoms with E-state index < -0.39 is 5.25 Å². The van der Waals surface area contributed by atoms with Crippen molar-refractivity contribution in [1.82, 2.24) is 0 Å². The second kappa shape index (κ2) is 5.53. The smallest absolute Gasteiger partial charge is 0.262 e. The van der Waals surface area contributed by atoms with Crippen molar-refractivity contribution in [2.45, 2.75) is 11.7 Å². The fourth-order valence-corrected chi connectivity index (χ4v) is 2.53. The van der Waals surface area contributed by atoms with Crippen LogP contribution in [0.3, 0.4) is 0 Å². The van der Waals surface area contributed by atoms with Crippen LogP contribution in [-0.4, -0.2) is 22.2 Å². The first-order valence-corrected chi connectivity index (χ1v) is 6.82. The van der Waals surface area contributed by atoms with Gasteiger partial charge in [-0.2, -0.15) is 4.99 Å². The molecule has 5 nitrogen and oxygen atoms in total. The van der Waals surface area contributed by atoms with E-state index in [1.54, 1.807) is 12.1 Å². The van der Waals surface area contributed by atoms with Crippen molar-refractivity contribution in [3.05, 3.63) is 28.7 Å². The van der Waals surface area contributed by atoms with Crippen molar-refractivity contribution in [2.75, 3.05) is 5.32 Å². The molecule has 2 amide bonds. The second-order valence-corrected chi connectivity index (χ2v) is 5.79. The summed E-state index contributed by atoms with van der Waals surface area (Å²) >= 11 is 4.43. The molecule has 2 rings (SSSR count). The van der Waals surface area contributed by atoms with Crippen LogP contribution in [0.15, 0.2) is 33.7 Å². The van der Waals surface area contributed by atoms with Crippen LogP contribution in [0.1, 0.15) is 6.42 Å². The largest absolute Gasteiger partial charge is 0.378 e. The number of hydrogen-bond acceptors (Lipinski definition) is 4. The summed E-state index contributed by atoms with van der Waals surface area (Å²) in [5.41, 5.74) is 6.10. The minimum Gasteiger partial charge on any atom is -0.378 e. The molecule has 94 valence electrons. The van der Waals surface area contributed by atoms with Crippen molar-refractivity contribution in [2.24, 2.45) is 10.7 Å². The van der Waals surface area contributed by atoms with E-state index in [-0.39, 0.29) is 23.4 Å². The van der Waals surface area contributed by atoms with Gasteiger partial charge in [-0.3, -0.25) is 9.59 Å². The van der Waals surface area contributed by atoms with Crippen LogP contribution in [0.2, 0.25) is 0 Å². The molecular formula is C11H10BrN3O2S. The summed E-state index contributed by atoms with van der Waals surface area (Å²) in [7, 11) is 0. The summed E-state index contributed by atoms with van der Waals surface area (Å²) in [5, 5.41) is 2.44. The molecule has 0 spiro atoms. The lowest BCUT2D eigenvalue weighted by Gasteiger charge is -2.07. The van der Waals surface area contributed by atoms with E-state index in [2.05, 4.69) is 26.2 Å². The van der Waals surface area contributed by atoms with E-state index in [9.17, 15) is 9.59 Å². The Balaban J connectivity index is 1.90. The molecule has 0 unspecified atom stereocenters. The van der Waals surface area contributed by atoms with Crippen LogP contribution in [0, 0.1) is 0 Å². The molecule has 1 atom stereocenters. The van der Waals surface area contributed by atoms with Crippen LogP contribution in [0.25, 0.3) is 0 Å². The van der Waals surface area contributed by atoms with E-state index in [4.69, 9.17) is 5.73 Å². The van der Waals surface area contributed by atoms with Crippen molar-refractivity contribution in [3.8, 4) is 0 Å². The molecule has 1 heterocycles. The number of nitrogens with one attached hydrogen (secondary N) is 1. The van der Waals surface area contributed by atoms with Crippen LogP contribution < -0.4 is 11.1 Å². The lowest BCUT2D eigenvalue weighted by atomic mass is 10.2. The first-order chi connectivity index (χ1) is 8.54. The quantitative estimate of drug-likeness (QED) is 0.885. The first kappa shape index (κ1) is 13.1. The van der Waals surface area contributed by atoms with Gasteiger partial charge in [0.1, 0.15) is 5.25 Å². The second-order valence-electron chi connectivity index (χ2n) is 3.65. The lowest BCUT2D eigenvalue weighted by Crippen LogP contribution is -2.21. The number of nitrogens with zero attached hydrogens (tertiary/aromatic N) is 1. The molecule has 0 fully saturated rings. The summed E-state index contributed by atoms with van der Waals surface area (Å²) in [6, 6.07) is 7.20. The zero-order chi connectivity index (χ0) is 13.1. The summed E-state index contributed by atoms with van der Waals surface area (Å²) in [5.74, 6) is -0.573. The van der Waals surface area contributed by atoms with Crippen molar-refractivity contribution in [1.29, 1.82) is 0 Å². The number of halogens is 1. The number of hydrogen-bond donors (Lipinski definition) is 2. The fraction of sp³-hybridized carbons (Fsp3) is 0.182. The van der Waals surface area contributed by atoms with Gasteiger partial charge in [-0.15, -0.1) is 0 Å². The van der Waals surface area contributed by atoms with Gasteiger partial charge in [0.05, 0.1) is 0 Å². The van der Waals surface area contributed by atoms with Crippen molar-refractivity contribution >= 4 is 50.4 Å². The highest BCUT2D eigenvalue weighted by Gasteiger charge is 2.29. The van der Waals surface area contributed by atoms with Crippen LogP contribution in [0.5, 0.6) is 0 Å². The highest BCUT2D eigenvalue weighted by Crippen LogP contribution is 2.23. The molecule has 0 bridgehead atoms. The molecule has 1 aromatic rings. The topological polar surface area (TPSA) is 84.5 Å². The van der Waals surface area contributed by atoms with Crippen molar-refractivity contribution < 1.29 is 9.59 Å². The third-order valence-corrected chi connectivity index (χ3v) is 3.77. The number of rotatable bonds is 3. The Morgan fingerprint density at radius 1 is 1.44 bits per heavy atom. The molecule has 0 aliphatic carbocycles. The normalized spacial score (nSPS) is 18.6. The summed E-state index contributed by atoms with van der Waals surface area (Å²) in [6.45, 7) is 0. The Labute approximate surface area is 116 Å². The predicted octanol–water partition coefficient (Wildman–Crippen LogP) is 1.73. The predicted molar refractivity (Wildman–Crippen MR) is 75.4 cm³/mol. The number of carbonyl (C=O) groups is 2. The molecule has 3 N–H and O–H groups in total. The number of carbonyl (C=O) groups excluding carboxylic acids is 2. The Kier molecular flexibility index (Phi) is 4.03. The van der Waals surface area contributed by atoms with Gasteiger partial charge in [-0.25, -0.2) is 0 Å².